The van der Waals surface area contributed by atoms with Gasteiger partial charge in [0.1, 0.15) is 5.75 Å². The molecule has 0 aliphatic rings. The van der Waals surface area contributed by atoms with E-state index in [0.29, 0.717) is 5.75 Å². The Morgan fingerprint density at radius 2 is 2.09 bits per heavy atom. The number of halogens is 1. The lowest BCUT2D eigenvalue weighted by atomic mass is 10.1. The van der Waals surface area contributed by atoms with Crippen LogP contribution in [0.3, 0.4) is 0 Å². The second-order valence-corrected chi connectivity index (χ2v) is 3.75. The van der Waals surface area contributed by atoms with E-state index in [4.69, 9.17) is 0 Å². The summed E-state index contributed by atoms with van der Waals surface area (Å²) in [4.78, 5) is 0. The van der Waals surface area contributed by atoms with Gasteiger partial charge in [0.15, 0.2) is 0 Å². The Hall–Kier alpha value is -0.250. The second-order valence-electron chi connectivity index (χ2n) is 2.58. The van der Waals surface area contributed by atoms with E-state index in [0.717, 1.165) is 9.99 Å². The van der Waals surface area contributed by atoms with Crippen molar-refractivity contribution in [2.24, 2.45) is 0 Å². The van der Waals surface area contributed by atoms with Crippen LogP contribution in [0.15, 0.2) is 12.1 Å². The summed E-state index contributed by atoms with van der Waals surface area (Å²) in [6, 6.07) is 3.85. The van der Waals surface area contributed by atoms with Crippen molar-refractivity contribution in [3.8, 4) is 5.75 Å². The van der Waals surface area contributed by atoms with E-state index < -0.39 is 0 Å². The normalized spacial score (nSPS) is 10.1. The number of phenols is 1. The Morgan fingerprint density at radius 1 is 1.45 bits per heavy atom. The molecule has 0 unspecified atom stereocenters. The van der Waals surface area contributed by atoms with Gasteiger partial charge in [0.2, 0.25) is 0 Å². The molecule has 0 aliphatic carbocycles. The molecule has 1 aromatic carbocycles. The van der Waals surface area contributed by atoms with Crippen LogP contribution in [-0.2, 0) is 6.42 Å². The molecule has 0 amide bonds. The predicted molar refractivity (Wildman–Crippen MR) is 54.9 cm³/mol. The Balaban J connectivity index is 3.21. The van der Waals surface area contributed by atoms with Gasteiger partial charge in [0.05, 0.1) is 3.57 Å². The van der Waals surface area contributed by atoms with Gasteiger partial charge < -0.3 is 5.11 Å². The van der Waals surface area contributed by atoms with Crippen LogP contribution in [0.2, 0.25) is 0 Å². The third kappa shape index (κ3) is 1.86. The average molecular weight is 262 g/mol. The Morgan fingerprint density at radius 3 is 2.64 bits per heavy atom. The highest BCUT2D eigenvalue weighted by atomic mass is 127. The Kier molecular flexibility index (Phi) is 2.76. The van der Waals surface area contributed by atoms with Gasteiger partial charge in [-0.25, -0.2) is 0 Å². The van der Waals surface area contributed by atoms with Gasteiger partial charge in [-0.3, -0.25) is 0 Å². The highest BCUT2D eigenvalue weighted by Gasteiger charge is 2.01. The molecule has 2 heteroatoms. The SMILES string of the molecule is CCc1cc(O)c(I)cc1C. The van der Waals surface area contributed by atoms with Crippen LogP contribution in [0.1, 0.15) is 18.1 Å². The number of hydrogen-bond acceptors (Lipinski definition) is 1. The Labute approximate surface area is 80.6 Å². The highest BCUT2D eigenvalue weighted by Crippen LogP contribution is 2.23. The van der Waals surface area contributed by atoms with E-state index in [1.165, 1.54) is 11.1 Å². The molecule has 1 nitrogen and oxygen atoms in total. The van der Waals surface area contributed by atoms with E-state index in [-0.39, 0.29) is 0 Å². The standard InChI is InChI=1S/C9H11IO/c1-3-7-5-9(11)8(10)4-6(7)2/h4-5,11H,3H2,1-2H3. The first-order valence-electron chi connectivity index (χ1n) is 3.63. The summed E-state index contributed by atoms with van der Waals surface area (Å²) in [7, 11) is 0. The maximum Gasteiger partial charge on any atom is 0.129 e. The quantitative estimate of drug-likeness (QED) is 0.771. The summed E-state index contributed by atoms with van der Waals surface area (Å²) < 4.78 is 0.928. The van der Waals surface area contributed by atoms with Crippen LogP contribution in [0.5, 0.6) is 5.75 Å². The lowest BCUT2D eigenvalue weighted by Gasteiger charge is -2.04. The molecule has 0 aliphatic heterocycles. The first-order valence-corrected chi connectivity index (χ1v) is 4.71. The monoisotopic (exact) mass is 262 g/mol. The lowest BCUT2D eigenvalue weighted by molar-refractivity contribution is 0.470. The number of aryl methyl sites for hydroxylation is 2. The summed E-state index contributed by atoms with van der Waals surface area (Å²) in [6.07, 6.45) is 0.982. The second kappa shape index (κ2) is 3.43. The van der Waals surface area contributed by atoms with Gasteiger partial charge in [0.25, 0.3) is 0 Å². The molecule has 1 aromatic rings. The summed E-state index contributed by atoms with van der Waals surface area (Å²) in [5.74, 6) is 0.396. The van der Waals surface area contributed by atoms with Gasteiger partial charge in [-0.1, -0.05) is 6.92 Å². The number of rotatable bonds is 1. The number of hydrogen-bond donors (Lipinski definition) is 1. The smallest absolute Gasteiger partial charge is 0.129 e. The molecule has 0 radical (unpaired) electrons. The van der Waals surface area contributed by atoms with Crippen molar-refractivity contribution < 1.29 is 5.11 Å². The molecule has 0 bridgehead atoms. The van der Waals surface area contributed by atoms with E-state index >= 15 is 0 Å². The highest BCUT2D eigenvalue weighted by molar-refractivity contribution is 14.1. The summed E-state index contributed by atoms with van der Waals surface area (Å²) >= 11 is 2.13. The summed E-state index contributed by atoms with van der Waals surface area (Å²) in [5, 5.41) is 9.35. The third-order valence-corrected chi connectivity index (χ3v) is 2.65. The number of aromatic hydroxyl groups is 1. The largest absolute Gasteiger partial charge is 0.507 e. The molecule has 0 atom stereocenters. The topological polar surface area (TPSA) is 20.2 Å². The van der Waals surface area contributed by atoms with Crippen LogP contribution >= 0.6 is 22.6 Å². The van der Waals surface area contributed by atoms with Crippen LogP contribution in [0, 0.1) is 10.5 Å². The predicted octanol–water partition coefficient (Wildman–Crippen LogP) is 2.87. The molecule has 60 valence electrons. The van der Waals surface area contributed by atoms with Crippen molar-refractivity contribution in [3.63, 3.8) is 0 Å². The maximum atomic E-state index is 9.35. The van der Waals surface area contributed by atoms with E-state index in [2.05, 4.69) is 36.4 Å². The fourth-order valence-corrected chi connectivity index (χ4v) is 1.71. The molecular formula is C9H11IO. The molecule has 0 saturated heterocycles. The van der Waals surface area contributed by atoms with E-state index in [1.807, 2.05) is 12.1 Å². The minimum Gasteiger partial charge on any atom is -0.507 e. The van der Waals surface area contributed by atoms with Crippen molar-refractivity contribution in [2.75, 3.05) is 0 Å². The van der Waals surface area contributed by atoms with Gasteiger partial charge in [-0.05, 0) is 59.2 Å². The van der Waals surface area contributed by atoms with Gasteiger partial charge in [-0.15, -0.1) is 0 Å². The first-order chi connectivity index (χ1) is 5.15. The van der Waals surface area contributed by atoms with Crippen LogP contribution in [-0.4, -0.2) is 5.11 Å². The maximum absolute atomic E-state index is 9.35. The zero-order valence-electron chi connectivity index (χ0n) is 6.69. The molecule has 1 N–H and O–H groups in total. The average Bonchev–Trinajstić information content (AvgIpc) is 1.97. The van der Waals surface area contributed by atoms with Crippen LogP contribution in [0.4, 0.5) is 0 Å². The van der Waals surface area contributed by atoms with Crippen molar-refractivity contribution >= 4 is 22.6 Å². The zero-order chi connectivity index (χ0) is 8.43. The first kappa shape index (κ1) is 8.84. The van der Waals surface area contributed by atoms with E-state index in [9.17, 15) is 5.11 Å². The van der Waals surface area contributed by atoms with Crippen molar-refractivity contribution in [1.82, 2.24) is 0 Å². The molecule has 0 spiro atoms. The minimum atomic E-state index is 0.396. The lowest BCUT2D eigenvalue weighted by Crippen LogP contribution is -1.87. The molecule has 11 heavy (non-hydrogen) atoms. The Bertz CT molecular complexity index is 269. The van der Waals surface area contributed by atoms with Gasteiger partial charge in [-0.2, -0.15) is 0 Å². The third-order valence-electron chi connectivity index (χ3n) is 1.79. The number of phenolic OH excluding ortho intramolecular Hbond substituents is 1. The van der Waals surface area contributed by atoms with Gasteiger partial charge in [0, 0.05) is 0 Å². The number of benzene rings is 1. The fourth-order valence-electron chi connectivity index (χ4n) is 1.09. The molecule has 0 fully saturated rings. The molecule has 0 aromatic heterocycles. The molecule has 0 heterocycles. The van der Waals surface area contributed by atoms with Crippen molar-refractivity contribution in [3.05, 3.63) is 26.8 Å². The van der Waals surface area contributed by atoms with Crippen LogP contribution < -0.4 is 0 Å². The van der Waals surface area contributed by atoms with E-state index in [1.54, 1.807) is 0 Å². The summed E-state index contributed by atoms with van der Waals surface area (Å²) in [6.45, 7) is 4.16. The van der Waals surface area contributed by atoms with Gasteiger partial charge >= 0.3 is 0 Å². The minimum absolute atomic E-state index is 0.396. The summed E-state index contributed by atoms with van der Waals surface area (Å²) in [5.41, 5.74) is 2.48. The molecular weight excluding hydrogens is 251 g/mol. The molecule has 1 rings (SSSR count). The molecule has 0 saturated carbocycles. The zero-order valence-corrected chi connectivity index (χ0v) is 8.84. The van der Waals surface area contributed by atoms with Crippen molar-refractivity contribution in [1.29, 1.82) is 0 Å². The van der Waals surface area contributed by atoms with Crippen molar-refractivity contribution in [2.45, 2.75) is 20.3 Å². The van der Waals surface area contributed by atoms with Crippen LogP contribution in [0.25, 0.3) is 0 Å². The fraction of sp³-hybridized carbons (Fsp3) is 0.333.